The number of carbonyl (C=O) groups excluding carboxylic acids is 1. The molecule has 1 amide bonds. The van der Waals surface area contributed by atoms with Gasteiger partial charge in [-0.3, -0.25) is 9.78 Å². The third-order valence-corrected chi connectivity index (χ3v) is 4.10. The van der Waals surface area contributed by atoms with Crippen LogP contribution in [0.1, 0.15) is 18.4 Å². The van der Waals surface area contributed by atoms with E-state index in [1.54, 1.807) is 36.7 Å². The van der Waals surface area contributed by atoms with Crippen LogP contribution in [0.3, 0.4) is 0 Å². The molecular weight excluding hydrogens is 283 g/mol. The van der Waals surface area contributed by atoms with Crippen molar-refractivity contribution in [3.63, 3.8) is 0 Å². The fourth-order valence-electron chi connectivity index (χ4n) is 2.82. The number of benzene rings is 1. The lowest BCUT2D eigenvalue weighted by Gasteiger charge is -2.36. The standard InChI is InChI=1S/C17H17FN2O2/c18-14-5-3-13(4-6-14)17(7-10-22-11-8-17)16(21)20-15-2-1-9-19-12-15/h1-6,9,12H,7-8,10-11H2,(H,20,21). The SMILES string of the molecule is O=C(Nc1cccnc1)C1(c2ccc(F)cc2)CCOCC1. The molecular formula is C17H17FN2O2. The first-order valence-electron chi connectivity index (χ1n) is 7.26. The number of carbonyl (C=O) groups is 1. The molecule has 2 heterocycles. The van der Waals surface area contributed by atoms with Crippen LogP contribution in [-0.4, -0.2) is 24.1 Å². The van der Waals surface area contributed by atoms with Gasteiger partial charge in [0.15, 0.2) is 0 Å². The van der Waals surface area contributed by atoms with Crippen LogP contribution < -0.4 is 5.32 Å². The number of hydrogen-bond acceptors (Lipinski definition) is 3. The van der Waals surface area contributed by atoms with Crippen LogP contribution in [-0.2, 0) is 14.9 Å². The number of amides is 1. The van der Waals surface area contributed by atoms with Crippen LogP contribution in [0, 0.1) is 5.82 Å². The van der Waals surface area contributed by atoms with Crippen LogP contribution in [0.15, 0.2) is 48.8 Å². The zero-order chi connectivity index (χ0) is 15.4. The van der Waals surface area contributed by atoms with Gasteiger partial charge in [-0.25, -0.2) is 4.39 Å². The molecule has 5 heteroatoms. The van der Waals surface area contributed by atoms with Crippen molar-refractivity contribution >= 4 is 11.6 Å². The van der Waals surface area contributed by atoms with Crippen molar-refractivity contribution in [1.29, 1.82) is 0 Å². The van der Waals surface area contributed by atoms with Crippen LogP contribution in [0.2, 0.25) is 0 Å². The zero-order valence-corrected chi connectivity index (χ0v) is 12.1. The van der Waals surface area contributed by atoms with E-state index in [9.17, 15) is 9.18 Å². The summed E-state index contributed by atoms with van der Waals surface area (Å²) < 4.78 is 18.6. The van der Waals surface area contributed by atoms with Crippen molar-refractivity contribution < 1.29 is 13.9 Å². The summed E-state index contributed by atoms with van der Waals surface area (Å²) in [4.78, 5) is 16.9. The number of pyridine rings is 1. The van der Waals surface area contributed by atoms with E-state index in [1.165, 1.54) is 12.1 Å². The Morgan fingerprint density at radius 1 is 1.18 bits per heavy atom. The highest BCUT2D eigenvalue weighted by atomic mass is 19.1. The summed E-state index contributed by atoms with van der Waals surface area (Å²) in [6.07, 6.45) is 4.41. The Morgan fingerprint density at radius 3 is 2.55 bits per heavy atom. The lowest BCUT2D eigenvalue weighted by molar-refractivity contribution is -0.125. The molecule has 22 heavy (non-hydrogen) atoms. The molecule has 1 saturated heterocycles. The second-order valence-corrected chi connectivity index (χ2v) is 5.40. The van der Waals surface area contributed by atoms with Gasteiger partial charge in [0.2, 0.25) is 5.91 Å². The molecule has 114 valence electrons. The fourth-order valence-corrected chi connectivity index (χ4v) is 2.82. The van der Waals surface area contributed by atoms with Crippen LogP contribution in [0.25, 0.3) is 0 Å². The molecule has 1 aromatic heterocycles. The third-order valence-electron chi connectivity index (χ3n) is 4.10. The molecule has 0 radical (unpaired) electrons. The Kier molecular flexibility index (Phi) is 4.15. The number of nitrogens with zero attached hydrogens (tertiary/aromatic N) is 1. The van der Waals surface area contributed by atoms with Crippen molar-refractivity contribution in [3.05, 3.63) is 60.2 Å². The highest BCUT2D eigenvalue weighted by Crippen LogP contribution is 2.36. The van der Waals surface area contributed by atoms with Crippen LogP contribution in [0.5, 0.6) is 0 Å². The summed E-state index contributed by atoms with van der Waals surface area (Å²) in [5.41, 5.74) is 0.779. The minimum Gasteiger partial charge on any atom is -0.381 e. The quantitative estimate of drug-likeness (QED) is 0.948. The lowest BCUT2D eigenvalue weighted by Crippen LogP contribution is -2.44. The van der Waals surface area contributed by atoms with Crippen molar-refractivity contribution in [2.75, 3.05) is 18.5 Å². The summed E-state index contributed by atoms with van der Waals surface area (Å²) in [6.45, 7) is 1.02. The Hall–Kier alpha value is -2.27. The van der Waals surface area contributed by atoms with Gasteiger partial charge in [-0.1, -0.05) is 12.1 Å². The molecule has 1 aromatic carbocycles. The van der Waals surface area contributed by atoms with Gasteiger partial charge in [-0.2, -0.15) is 0 Å². The Morgan fingerprint density at radius 2 is 1.91 bits per heavy atom. The minimum atomic E-state index is -0.693. The molecule has 0 aliphatic carbocycles. The average Bonchev–Trinajstić information content (AvgIpc) is 2.57. The molecule has 1 N–H and O–H groups in total. The maximum absolute atomic E-state index is 13.2. The second kappa shape index (κ2) is 6.23. The second-order valence-electron chi connectivity index (χ2n) is 5.40. The summed E-state index contributed by atoms with van der Waals surface area (Å²) in [7, 11) is 0. The van der Waals surface area contributed by atoms with Crippen molar-refractivity contribution in [3.8, 4) is 0 Å². The number of aromatic nitrogens is 1. The van der Waals surface area contributed by atoms with Gasteiger partial charge >= 0.3 is 0 Å². The topological polar surface area (TPSA) is 51.2 Å². The molecule has 3 rings (SSSR count). The van der Waals surface area contributed by atoms with Gasteiger partial charge in [0.1, 0.15) is 5.82 Å². The number of anilines is 1. The molecule has 1 fully saturated rings. The molecule has 0 bridgehead atoms. The monoisotopic (exact) mass is 300 g/mol. The number of rotatable bonds is 3. The number of ether oxygens (including phenoxy) is 1. The first-order valence-corrected chi connectivity index (χ1v) is 7.26. The molecule has 0 unspecified atom stereocenters. The summed E-state index contributed by atoms with van der Waals surface area (Å²) in [5.74, 6) is -0.408. The van der Waals surface area contributed by atoms with E-state index in [1.807, 2.05) is 0 Å². The number of nitrogens with one attached hydrogen (secondary N) is 1. The predicted molar refractivity (Wildman–Crippen MR) is 81.0 cm³/mol. The highest BCUT2D eigenvalue weighted by Gasteiger charge is 2.41. The van der Waals surface area contributed by atoms with E-state index in [0.29, 0.717) is 31.7 Å². The molecule has 0 spiro atoms. The van der Waals surface area contributed by atoms with E-state index in [-0.39, 0.29) is 11.7 Å². The smallest absolute Gasteiger partial charge is 0.235 e. The first kappa shape index (κ1) is 14.7. The maximum Gasteiger partial charge on any atom is 0.235 e. The van der Waals surface area contributed by atoms with Gasteiger partial charge in [0.25, 0.3) is 0 Å². The Bertz CT molecular complexity index is 637. The fraction of sp³-hybridized carbons (Fsp3) is 0.294. The number of hydrogen-bond donors (Lipinski definition) is 1. The Balaban J connectivity index is 1.91. The van der Waals surface area contributed by atoms with Crippen molar-refractivity contribution in [1.82, 2.24) is 4.98 Å². The van der Waals surface area contributed by atoms with E-state index in [0.717, 1.165) is 5.56 Å². The maximum atomic E-state index is 13.2. The summed E-state index contributed by atoms with van der Waals surface area (Å²) in [6, 6.07) is 9.72. The van der Waals surface area contributed by atoms with Gasteiger partial charge in [-0.05, 0) is 42.7 Å². The lowest BCUT2D eigenvalue weighted by atomic mass is 9.73. The third kappa shape index (κ3) is 2.85. The largest absolute Gasteiger partial charge is 0.381 e. The molecule has 1 aliphatic rings. The van der Waals surface area contributed by atoms with Crippen molar-refractivity contribution in [2.24, 2.45) is 0 Å². The highest BCUT2D eigenvalue weighted by molar-refractivity contribution is 5.99. The van der Waals surface area contributed by atoms with E-state index in [2.05, 4.69) is 10.3 Å². The minimum absolute atomic E-state index is 0.101. The van der Waals surface area contributed by atoms with Gasteiger partial charge in [-0.15, -0.1) is 0 Å². The van der Waals surface area contributed by atoms with Gasteiger partial charge in [0.05, 0.1) is 17.3 Å². The van der Waals surface area contributed by atoms with Crippen molar-refractivity contribution in [2.45, 2.75) is 18.3 Å². The number of halogens is 1. The predicted octanol–water partition coefficient (Wildman–Crippen LogP) is 2.91. The van der Waals surface area contributed by atoms with Crippen LogP contribution >= 0.6 is 0 Å². The van der Waals surface area contributed by atoms with E-state index < -0.39 is 5.41 Å². The summed E-state index contributed by atoms with van der Waals surface area (Å²) >= 11 is 0. The Labute approximate surface area is 128 Å². The van der Waals surface area contributed by atoms with Gasteiger partial charge < -0.3 is 10.1 Å². The van der Waals surface area contributed by atoms with E-state index in [4.69, 9.17) is 4.74 Å². The molecule has 2 aromatic rings. The van der Waals surface area contributed by atoms with Crippen LogP contribution in [0.4, 0.5) is 10.1 Å². The first-order chi connectivity index (χ1) is 10.7. The molecule has 0 saturated carbocycles. The average molecular weight is 300 g/mol. The zero-order valence-electron chi connectivity index (χ0n) is 12.1. The summed E-state index contributed by atoms with van der Waals surface area (Å²) in [5, 5.41) is 2.91. The molecule has 0 atom stereocenters. The normalized spacial score (nSPS) is 17.0. The van der Waals surface area contributed by atoms with E-state index >= 15 is 0 Å². The van der Waals surface area contributed by atoms with Gasteiger partial charge in [0, 0.05) is 19.4 Å². The molecule has 4 nitrogen and oxygen atoms in total. The molecule has 1 aliphatic heterocycles.